The van der Waals surface area contributed by atoms with Crippen molar-refractivity contribution < 1.29 is 15.0 Å². The number of hydrogen-bond acceptors (Lipinski definition) is 3. The van der Waals surface area contributed by atoms with E-state index in [1.807, 2.05) is 0 Å². The number of amides is 1. The highest BCUT2D eigenvalue weighted by Crippen LogP contribution is 2.30. The van der Waals surface area contributed by atoms with Crippen molar-refractivity contribution in [2.24, 2.45) is 11.8 Å². The smallest absolute Gasteiger partial charge is 0.255 e. The van der Waals surface area contributed by atoms with Gasteiger partial charge >= 0.3 is 0 Å². The molecule has 1 aromatic rings. The van der Waals surface area contributed by atoms with E-state index in [9.17, 15) is 15.0 Å². The molecule has 0 heterocycles. The number of benzene rings is 1. The summed E-state index contributed by atoms with van der Waals surface area (Å²) < 4.78 is 0. The van der Waals surface area contributed by atoms with E-state index in [0.29, 0.717) is 24.3 Å². The van der Waals surface area contributed by atoms with Crippen molar-refractivity contribution in [3.8, 4) is 11.5 Å². The van der Waals surface area contributed by atoms with Crippen LogP contribution in [0.5, 0.6) is 11.5 Å². The van der Waals surface area contributed by atoms with E-state index in [0.717, 1.165) is 12.8 Å². The average molecular weight is 298 g/mol. The van der Waals surface area contributed by atoms with Gasteiger partial charge in [0.05, 0.1) is 5.56 Å². The first-order chi connectivity index (χ1) is 9.61. The van der Waals surface area contributed by atoms with Crippen molar-refractivity contribution in [2.75, 3.05) is 12.4 Å². The first-order valence-electron chi connectivity index (χ1n) is 6.98. The number of rotatable bonds is 4. The normalized spacial score (nSPS) is 22.4. The molecule has 5 heteroatoms. The van der Waals surface area contributed by atoms with Gasteiger partial charge in [0.15, 0.2) is 0 Å². The molecular weight excluding hydrogens is 278 g/mol. The lowest BCUT2D eigenvalue weighted by molar-refractivity contribution is 0.0933. The standard InChI is InChI=1S/C15H20ClNO3/c16-8-10-3-1-2-4-11(10)9-17-15(20)13-7-12(18)5-6-14(13)19/h5-7,10-11,18-19H,1-4,8-9H2,(H,17,20). The summed E-state index contributed by atoms with van der Waals surface area (Å²) in [6.07, 6.45) is 4.56. The van der Waals surface area contributed by atoms with E-state index in [4.69, 9.17) is 11.6 Å². The predicted molar refractivity (Wildman–Crippen MR) is 78.3 cm³/mol. The van der Waals surface area contributed by atoms with Gasteiger partial charge < -0.3 is 15.5 Å². The highest BCUT2D eigenvalue weighted by atomic mass is 35.5. The zero-order valence-electron chi connectivity index (χ0n) is 11.3. The van der Waals surface area contributed by atoms with E-state index in [2.05, 4.69) is 5.32 Å². The minimum absolute atomic E-state index is 0.0377. The molecule has 0 spiro atoms. The molecule has 1 aromatic carbocycles. The molecule has 4 nitrogen and oxygen atoms in total. The minimum atomic E-state index is -0.364. The van der Waals surface area contributed by atoms with E-state index in [-0.39, 0.29) is 23.0 Å². The zero-order valence-corrected chi connectivity index (χ0v) is 12.1. The van der Waals surface area contributed by atoms with Crippen LogP contribution in [0.2, 0.25) is 0 Å². The molecule has 2 rings (SSSR count). The van der Waals surface area contributed by atoms with Crippen molar-refractivity contribution in [3.63, 3.8) is 0 Å². The Hall–Kier alpha value is -1.42. The Labute approximate surface area is 123 Å². The first-order valence-corrected chi connectivity index (χ1v) is 7.51. The quantitative estimate of drug-likeness (QED) is 0.591. The lowest BCUT2D eigenvalue weighted by atomic mass is 9.80. The SMILES string of the molecule is O=C(NCC1CCCCC1CCl)c1cc(O)ccc1O. The van der Waals surface area contributed by atoms with Gasteiger partial charge in [-0.15, -0.1) is 11.6 Å². The maximum atomic E-state index is 12.0. The number of phenolic OH excluding ortho intramolecular Hbond substituents is 2. The number of carbonyl (C=O) groups excluding carboxylic acids is 1. The Morgan fingerprint density at radius 2 is 1.95 bits per heavy atom. The Morgan fingerprint density at radius 1 is 1.25 bits per heavy atom. The first kappa shape index (κ1) is 15.0. The van der Waals surface area contributed by atoms with Crippen LogP contribution in [0, 0.1) is 11.8 Å². The highest BCUT2D eigenvalue weighted by molar-refractivity contribution is 6.18. The third-order valence-corrected chi connectivity index (χ3v) is 4.41. The van der Waals surface area contributed by atoms with Gasteiger partial charge in [-0.2, -0.15) is 0 Å². The Bertz CT molecular complexity index is 478. The molecule has 1 aliphatic carbocycles. The number of hydrogen-bond donors (Lipinski definition) is 3. The van der Waals surface area contributed by atoms with Crippen LogP contribution >= 0.6 is 11.6 Å². The Kier molecular flexibility index (Phi) is 5.12. The number of phenols is 2. The summed E-state index contributed by atoms with van der Waals surface area (Å²) in [7, 11) is 0. The van der Waals surface area contributed by atoms with Crippen molar-refractivity contribution in [1.29, 1.82) is 0 Å². The molecule has 1 amide bonds. The fourth-order valence-electron chi connectivity index (χ4n) is 2.78. The van der Waals surface area contributed by atoms with Gasteiger partial charge in [-0.1, -0.05) is 12.8 Å². The van der Waals surface area contributed by atoms with E-state index in [1.165, 1.54) is 31.0 Å². The fourth-order valence-corrected chi connectivity index (χ4v) is 3.19. The van der Waals surface area contributed by atoms with Crippen LogP contribution in [0.3, 0.4) is 0 Å². The van der Waals surface area contributed by atoms with Crippen LogP contribution in [0.4, 0.5) is 0 Å². The molecule has 2 unspecified atom stereocenters. The minimum Gasteiger partial charge on any atom is -0.508 e. The molecule has 20 heavy (non-hydrogen) atoms. The molecule has 1 fully saturated rings. The highest BCUT2D eigenvalue weighted by Gasteiger charge is 2.25. The summed E-state index contributed by atoms with van der Waals surface area (Å²) >= 11 is 5.97. The molecule has 3 N–H and O–H groups in total. The van der Waals surface area contributed by atoms with Gasteiger partial charge in [0.25, 0.3) is 5.91 Å². The summed E-state index contributed by atoms with van der Waals surface area (Å²) in [4.78, 5) is 12.0. The summed E-state index contributed by atoms with van der Waals surface area (Å²) in [6, 6.07) is 3.92. The van der Waals surface area contributed by atoms with E-state index >= 15 is 0 Å². The van der Waals surface area contributed by atoms with Crippen LogP contribution in [-0.2, 0) is 0 Å². The number of halogens is 1. The second kappa shape index (κ2) is 6.84. The summed E-state index contributed by atoms with van der Waals surface area (Å²) in [5.41, 5.74) is 0.100. The van der Waals surface area contributed by atoms with E-state index < -0.39 is 0 Å². The third-order valence-electron chi connectivity index (χ3n) is 4.01. The van der Waals surface area contributed by atoms with Crippen LogP contribution in [0.1, 0.15) is 36.0 Å². The van der Waals surface area contributed by atoms with Crippen molar-refractivity contribution >= 4 is 17.5 Å². The van der Waals surface area contributed by atoms with Crippen molar-refractivity contribution in [3.05, 3.63) is 23.8 Å². The fraction of sp³-hybridized carbons (Fsp3) is 0.533. The van der Waals surface area contributed by atoms with Crippen molar-refractivity contribution in [2.45, 2.75) is 25.7 Å². The lowest BCUT2D eigenvalue weighted by Crippen LogP contribution is -2.34. The number of carbonyl (C=O) groups is 1. The summed E-state index contributed by atoms with van der Waals surface area (Å²) in [5, 5.41) is 21.9. The average Bonchev–Trinajstić information content (AvgIpc) is 2.47. The predicted octanol–water partition coefficient (Wildman–Crippen LogP) is 2.87. The summed E-state index contributed by atoms with van der Waals surface area (Å²) in [5.74, 6) is 0.935. The molecule has 110 valence electrons. The van der Waals surface area contributed by atoms with Gasteiger partial charge in [-0.3, -0.25) is 4.79 Å². The Morgan fingerprint density at radius 3 is 2.65 bits per heavy atom. The van der Waals surface area contributed by atoms with Gasteiger partial charge in [0.1, 0.15) is 11.5 Å². The molecule has 0 bridgehead atoms. The molecule has 0 aliphatic heterocycles. The molecule has 1 saturated carbocycles. The van der Waals surface area contributed by atoms with Crippen LogP contribution in [0.15, 0.2) is 18.2 Å². The Balaban J connectivity index is 1.96. The molecule has 2 atom stereocenters. The maximum absolute atomic E-state index is 12.0. The second-order valence-electron chi connectivity index (χ2n) is 5.37. The zero-order chi connectivity index (χ0) is 14.5. The van der Waals surface area contributed by atoms with Gasteiger partial charge in [-0.25, -0.2) is 0 Å². The maximum Gasteiger partial charge on any atom is 0.255 e. The lowest BCUT2D eigenvalue weighted by Gasteiger charge is -2.30. The topological polar surface area (TPSA) is 69.6 Å². The van der Waals surface area contributed by atoms with E-state index in [1.54, 1.807) is 0 Å². The van der Waals surface area contributed by atoms with Gasteiger partial charge in [0.2, 0.25) is 0 Å². The number of aromatic hydroxyl groups is 2. The monoisotopic (exact) mass is 297 g/mol. The second-order valence-corrected chi connectivity index (χ2v) is 5.68. The summed E-state index contributed by atoms with van der Waals surface area (Å²) in [6.45, 7) is 0.561. The van der Waals surface area contributed by atoms with Crippen LogP contribution in [0.25, 0.3) is 0 Å². The van der Waals surface area contributed by atoms with Crippen molar-refractivity contribution in [1.82, 2.24) is 5.32 Å². The van der Waals surface area contributed by atoms with Gasteiger partial charge in [-0.05, 0) is 42.9 Å². The number of alkyl halides is 1. The molecule has 0 aromatic heterocycles. The van der Waals surface area contributed by atoms with Gasteiger partial charge in [0, 0.05) is 12.4 Å². The van der Waals surface area contributed by atoms with Crippen LogP contribution < -0.4 is 5.32 Å². The van der Waals surface area contributed by atoms with Crippen LogP contribution in [-0.4, -0.2) is 28.5 Å². The molecule has 1 aliphatic rings. The molecule has 0 radical (unpaired) electrons. The third kappa shape index (κ3) is 3.57. The molecular formula is C15H20ClNO3. The molecule has 0 saturated heterocycles. The largest absolute Gasteiger partial charge is 0.508 e. The number of nitrogens with one attached hydrogen (secondary N) is 1.